The van der Waals surface area contributed by atoms with Crippen molar-refractivity contribution in [1.82, 2.24) is 4.98 Å². The van der Waals surface area contributed by atoms with Crippen molar-refractivity contribution in [2.45, 2.75) is 6.54 Å². The highest BCUT2D eigenvalue weighted by molar-refractivity contribution is 5.55. The third-order valence-corrected chi connectivity index (χ3v) is 3.18. The highest BCUT2D eigenvalue weighted by atomic mass is 16.4. The molecular formula is C17H16N2O. The Morgan fingerprint density at radius 1 is 0.950 bits per heavy atom. The van der Waals surface area contributed by atoms with Crippen LogP contribution in [0, 0.1) is 0 Å². The molecule has 100 valence electrons. The normalized spacial score (nSPS) is 10.4. The number of nitrogens with zero attached hydrogens (tertiary/aromatic N) is 2. The average Bonchev–Trinajstić information content (AvgIpc) is 2.97. The van der Waals surface area contributed by atoms with Gasteiger partial charge in [0.25, 0.3) is 0 Å². The zero-order valence-electron chi connectivity index (χ0n) is 11.4. The van der Waals surface area contributed by atoms with Gasteiger partial charge in [0.15, 0.2) is 5.76 Å². The SMILES string of the molecule is CN(Cc1ncc(-c2ccccc2)o1)c1ccccc1. The van der Waals surface area contributed by atoms with E-state index in [2.05, 4.69) is 22.0 Å². The molecule has 3 rings (SSSR count). The molecule has 3 nitrogen and oxygen atoms in total. The van der Waals surface area contributed by atoms with Crippen LogP contribution in [0.5, 0.6) is 0 Å². The van der Waals surface area contributed by atoms with E-state index in [9.17, 15) is 0 Å². The van der Waals surface area contributed by atoms with Crippen molar-refractivity contribution in [3.05, 3.63) is 72.8 Å². The first-order chi connectivity index (χ1) is 9.83. The number of para-hydroxylation sites is 1. The van der Waals surface area contributed by atoms with Crippen molar-refractivity contribution < 1.29 is 4.42 Å². The van der Waals surface area contributed by atoms with Crippen LogP contribution in [0.4, 0.5) is 5.69 Å². The van der Waals surface area contributed by atoms with E-state index in [-0.39, 0.29) is 0 Å². The Morgan fingerprint density at radius 3 is 2.30 bits per heavy atom. The molecule has 0 bridgehead atoms. The molecule has 1 heterocycles. The first kappa shape index (κ1) is 12.5. The molecule has 20 heavy (non-hydrogen) atoms. The van der Waals surface area contributed by atoms with E-state index in [1.54, 1.807) is 6.20 Å². The van der Waals surface area contributed by atoms with Crippen LogP contribution in [-0.4, -0.2) is 12.0 Å². The molecule has 0 saturated carbocycles. The van der Waals surface area contributed by atoms with Crippen molar-refractivity contribution in [2.75, 3.05) is 11.9 Å². The number of hydrogen-bond donors (Lipinski definition) is 0. The molecule has 0 atom stereocenters. The fourth-order valence-corrected chi connectivity index (χ4v) is 2.10. The number of aromatic nitrogens is 1. The molecule has 0 amide bonds. The first-order valence-electron chi connectivity index (χ1n) is 6.59. The van der Waals surface area contributed by atoms with Gasteiger partial charge in [0.1, 0.15) is 0 Å². The number of oxazole rings is 1. The standard InChI is InChI=1S/C17H16N2O/c1-19(15-10-6-3-7-11-15)13-17-18-12-16(20-17)14-8-4-2-5-9-14/h2-12H,13H2,1H3. The maximum Gasteiger partial charge on any atom is 0.214 e. The maximum atomic E-state index is 5.81. The van der Waals surface area contributed by atoms with Crippen molar-refractivity contribution in [1.29, 1.82) is 0 Å². The van der Waals surface area contributed by atoms with Gasteiger partial charge in [-0.1, -0.05) is 48.5 Å². The van der Waals surface area contributed by atoms with Crippen LogP contribution < -0.4 is 4.90 Å². The van der Waals surface area contributed by atoms with E-state index in [1.807, 2.05) is 55.6 Å². The van der Waals surface area contributed by atoms with Crippen LogP contribution in [0.1, 0.15) is 5.89 Å². The van der Waals surface area contributed by atoms with Crippen molar-refractivity contribution >= 4 is 5.69 Å². The lowest BCUT2D eigenvalue weighted by atomic mass is 10.2. The highest BCUT2D eigenvalue weighted by Gasteiger charge is 2.08. The largest absolute Gasteiger partial charge is 0.439 e. The smallest absolute Gasteiger partial charge is 0.214 e. The van der Waals surface area contributed by atoms with E-state index in [4.69, 9.17) is 4.42 Å². The molecule has 0 fully saturated rings. The molecule has 0 radical (unpaired) electrons. The van der Waals surface area contributed by atoms with Gasteiger partial charge in [0.05, 0.1) is 12.7 Å². The van der Waals surface area contributed by atoms with Crippen molar-refractivity contribution in [2.24, 2.45) is 0 Å². The van der Waals surface area contributed by atoms with Crippen LogP contribution in [-0.2, 0) is 6.54 Å². The highest BCUT2D eigenvalue weighted by Crippen LogP contribution is 2.21. The van der Waals surface area contributed by atoms with Gasteiger partial charge in [0, 0.05) is 18.3 Å². The zero-order chi connectivity index (χ0) is 13.8. The summed E-state index contributed by atoms with van der Waals surface area (Å²) in [7, 11) is 2.03. The van der Waals surface area contributed by atoms with Gasteiger partial charge in [-0.2, -0.15) is 0 Å². The van der Waals surface area contributed by atoms with Gasteiger partial charge >= 0.3 is 0 Å². The van der Waals surface area contributed by atoms with E-state index in [0.29, 0.717) is 6.54 Å². The second-order valence-corrected chi connectivity index (χ2v) is 4.68. The lowest BCUT2D eigenvalue weighted by Crippen LogP contribution is -2.16. The zero-order valence-corrected chi connectivity index (χ0v) is 11.4. The average molecular weight is 264 g/mol. The molecule has 0 spiro atoms. The molecular weight excluding hydrogens is 248 g/mol. The Balaban J connectivity index is 1.75. The Morgan fingerprint density at radius 2 is 1.60 bits per heavy atom. The van der Waals surface area contributed by atoms with E-state index >= 15 is 0 Å². The fraction of sp³-hybridized carbons (Fsp3) is 0.118. The summed E-state index contributed by atoms with van der Waals surface area (Å²) in [6, 6.07) is 20.2. The number of benzene rings is 2. The second kappa shape index (κ2) is 5.61. The summed E-state index contributed by atoms with van der Waals surface area (Å²) in [6.07, 6.45) is 1.78. The topological polar surface area (TPSA) is 29.3 Å². The van der Waals surface area contributed by atoms with E-state index < -0.39 is 0 Å². The van der Waals surface area contributed by atoms with Crippen LogP contribution >= 0.6 is 0 Å². The molecule has 0 aliphatic rings. The summed E-state index contributed by atoms with van der Waals surface area (Å²) in [5, 5.41) is 0. The monoisotopic (exact) mass is 264 g/mol. The second-order valence-electron chi connectivity index (χ2n) is 4.68. The molecule has 2 aromatic carbocycles. The first-order valence-corrected chi connectivity index (χ1v) is 6.59. The summed E-state index contributed by atoms with van der Waals surface area (Å²) in [5.74, 6) is 1.53. The molecule has 1 aromatic heterocycles. The Kier molecular flexibility index (Phi) is 3.50. The van der Waals surface area contributed by atoms with Crippen molar-refractivity contribution in [3.8, 4) is 11.3 Å². The van der Waals surface area contributed by atoms with Gasteiger partial charge < -0.3 is 9.32 Å². The van der Waals surface area contributed by atoms with Gasteiger partial charge in [-0.15, -0.1) is 0 Å². The summed E-state index contributed by atoms with van der Waals surface area (Å²) < 4.78 is 5.81. The molecule has 0 unspecified atom stereocenters. The molecule has 0 aliphatic carbocycles. The molecule has 3 heteroatoms. The van der Waals surface area contributed by atoms with Gasteiger partial charge in [-0.25, -0.2) is 4.98 Å². The minimum atomic E-state index is 0.650. The lowest BCUT2D eigenvalue weighted by Gasteiger charge is -2.16. The predicted octanol–water partition coefficient (Wildman–Crippen LogP) is 3.98. The van der Waals surface area contributed by atoms with Gasteiger partial charge in [0.2, 0.25) is 5.89 Å². The summed E-state index contributed by atoms with van der Waals surface area (Å²) in [6.45, 7) is 0.650. The Labute approximate surface area is 118 Å². The number of hydrogen-bond acceptors (Lipinski definition) is 3. The summed E-state index contributed by atoms with van der Waals surface area (Å²) >= 11 is 0. The minimum Gasteiger partial charge on any atom is -0.439 e. The predicted molar refractivity (Wildman–Crippen MR) is 80.5 cm³/mol. The maximum absolute atomic E-state index is 5.81. The Hall–Kier alpha value is -2.55. The Bertz CT molecular complexity index is 662. The van der Waals surface area contributed by atoms with E-state index in [1.165, 1.54) is 0 Å². The summed E-state index contributed by atoms with van der Waals surface area (Å²) in [5.41, 5.74) is 2.19. The molecule has 0 N–H and O–H groups in total. The summed E-state index contributed by atoms with van der Waals surface area (Å²) in [4.78, 5) is 6.46. The van der Waals surface area contributed by atoms with Gasteiger partial charge in [-0.05, 0) is 12.1 Å². The van der Waals surface area contributed by atoms with Crippen LogP contribution in [0.3, 0.4) is 0 Å². The fourth-order valence-electron chi connectivity index (χ4n) is 2.10. The van der Waals surface area contributed by atoms with Crippen LogP contribution in [0.2, 0.25) is 0 Å². The molecule has 0 aliphatic heterocycles. The quantitative estimate of drug-likeness (QED) is 0.713. The van der Waals surface area contributed by atoms with Crippen molar-refractivity contribution in [3.63, 3.8) is 0 Å². The van der Waals surface area contributed by atoms with Crippen LogP contribution in [0.15, 0.2) is 71.3 Å². The molecule has 0 saturated heterocycles. The molecule has 3 aromatic rings. The minimum absolute atomic E-state index is 0.650. The van der Waals surface area contributed by atoms with E-state index in [0.717, 1.165) is 22.9 Å². The third kappa shape index (κ3) is 2.72. The lowest BCUT2D eigenvalue weighted by molar-refractivity contribution is 0.504. The third-order valence-electron chi connectivity index (χ3n) is 3.18. The number of rotatable bonds is 4. The van der Waals surface area contributed by atoms with Crippen LogP contribution in [0.25, 0.3) is 11.3 Å². The van der Waals surface area contributed by atoms with Gasteiger partial charge in [-0.3, -0.25) is 0 Å². The number of anilines is 1.